The second-order valence-corrected chi connectivity index (χ2v) is 6.12. The van der Waals surface area contributed by atoms with Crippen LogP contribution in [0.2, 0.25) is 0 Å². The molecule has 1 aliphatic heterocycles. The zero-order valence-electron chi connectivity index (χ0n) is 13.7. The molecule has 1 atom stereocenters. The predicted octanol–water partition coefficient (Wildman–Crippen LogP) is 2.89. The molecule has 1 aromatic rings. The maximum absolute atomic E-state index is 5.57. The second-order valence-electron chi connectivity index (χ2n) is 6.12. The lowest BCUT2D eigenvalue weighted by Gasteiger charge is -2.28. The summed E-state index contributed by atoms with van der Waals surface area (Å²) in [5, 5.41) is 3.30. The van der Waals surface area contributed by atoms with Crippen molar-refractivity contribution in [2.24, 2.45) is 5.92 Å². The van der Waals surface area contributed by atoms with Crippen molar-refractivity contribution in [3.05, 3.63) is 11.9 Å². The van der Waals surface area contributed by atoms with Gasteiger partial charge in [0.05, 0.1) is 6.61 Å². The molecule has 0 aromatic carbocycles. The minimum atomic E-state index is 0.328. The van der Waals surface area contributed by atoms with Crippen LogP contribution in [0.4, 0.5) is 11.6 Å². The number of hydrogen-bond donors (Lipinski definition) is 1. The van der Waals surface area contributed by atoms with Crippen molar-refractivity contribution in [1.82, 2.24) is 9.97 Å². The van der Waals surface area contributed by atoms with Crippen molar-refractivity contribution < 1.29 is 4.74 Å². The molecule has 5 nitrogen and oxygen atoms in total. The molecule has 0 amide bonds. The van der Waals surface area contributed by atoms with E-state index < -0.39 is 0 Å². The Morgan fingerprint density at radius 2 is 2.24 bits per heavy atom. The van der Waals surface area contributed by atoms with Crippen molar-refractivity contribution in [1.29, 1.82) is 0 Å². The number of nitrogens with zero attached hydrogens (tertiary/aromatic N) is 3. The Morgan fingerprint density at radius 3 is 2.86 bits per heavy atom. The highest BCUT2D eigenvalue weighted by atomic mass is 16.5. The fourth-order valence-electron chi connectivity index (χ4n) is 2.61. The van der Waals surface area contributed by atoms with Gasteiger partial charge in [-0.25, -0.2) is 9.97 Å². The SMILES string of the molecule is CCNc1cc(N(C)CC2CCCOC2)nc(C(C)C)n1. The molecule has 2 rings (SSSR count). The zero-order valence-corrected chi connectivity index (χ0v) is 13.7. The third kappa shape index (κ3) is 4.56. The summed E-state index contributed by atoms with van der Waals surface area (Å²) in [7, 11) is 2.11. The molecule has 1 N–H and O–H groups in total. The van der Waals surface area contributed by atoms with Gasteiger partial charge < -0.3 is 15.0 Å². The molecule has 118 valence electrons. The summed E-state index contributed by atoms with van der Waals surface area (Å²) in [6.07, 6.45) is 2.41. The van der Waals surface area contributed by atoms with Gasteiger partial charge in [0.1, 0.15) is 17.5 Å². The number of ether oxygens (including phenoxy) is 1. The maximum atomic E-state index is 5.57. The third-order valence-electron chi connectivity index (χ3n) is 3.78. The number of anilines is 2. The molecule has 0 spiro atoms. The summed E-state index contributed by atoms with van der Waals surface area (Å²) in [6, 6.07) is 2.04. The van der Waals surface area contributed by atoms with E-state index in [2.05, 4.69) is 43.0 Å². The van der Waals surface area contributed by atoms with E-state index >= 15 is 0 Å². The van der Waals surface area contributed by atoms with E-state index in [1.54, 1.807) is 0 Å². The van der Waals surface area contributed by atoms with Gasteiger partial charge in [-0.1, -0.05) is 13.8 Å². The Morgan fingerprint density at radius 1 is 1.43 bits per heavy atom. The normalized spacial score (nSPS) is 18.8. The van der Waals surface area contributed by atoms with Crippen LogP contribution in [0.1, 0.15) is 45.4 Å². The highest BCUT2D eigenvalue weighted by Crippen LogP contribution is 2.22. The lowest BCUT2D eigenvalue weighted by molar-refractivity contribution is 0.0576. The third-order valence-corrected chi connectivity index (χ3v) is 3.78. The Hall–Kier alpha value is -1.36. The largest absolute Gasteiger partial charge is 0.381 e. The summed E-state index contributed by atoms with van der Waals surface area (Å²) in [6.45, 7) is 9.98. The Labute approximate surface area is 128 Å². The molecule has 0 bridgehead atoms. The van der Waals surface area contributed by atoms with Crippen molar-refractivity contribution >= 4 is 11.6 Å². The summed E-state index contributed by atoms with van der Waals surface area (Å²) < 4.78 is 5.57. The standard InChI is InChI=1S/C16H28N4O/c1-5-17-14-9-15(19-16(18-14)12(2)3)20(4)10-13-7-6-8-21-11-13/h9,12-13H,5-8,10-11H2,1-4H3,(H,17,18,19). The van der Waals surface area contributed by atoms with E-state index in [0.717, 1.165) is 43.8 Å². The van der Waals surface area contributed by atoms with Gasteiger partial charge in [0, 0.05) is 38.7 Å². The lowest BCUT2D eigenvalue weighted by atomic mass is 10.0. The Kier molecular flexibility index (Phi) is 5.79. The van der Waals surface area contributed by atoms with Crippen LogP contribution in [0.3, 0.4) is 0 Å². The monoisotopic (exact) mass is 292 g/mol. The fourth-order valence-corrected chi connectivity index (χ4v) is 2.61. The van der Waals surface area contributed by atoms with E-state index in [4.69, 9.17) is 9.72 Å². The molecule has 0 radical (unpaired) electrons. The average molecular weight is 292 g/mol. The topological polar surface area (TPSA) is 50.3 Å². The molecule has 0 aliphatic carbocycles. The number of nitrogens with one attached hydrogen (secondary N) is 1. The fraction of sp³-hybridized carbons (Fsp3) is 0.750. The molecule has 5 heteroatoms. The number of hydrogen-bond acceptors (Lipinski definition) is 5. The van der Waals surface area contributed by atoms with E-state index in [9.17, 15) is 0 Å². The minimum absolute atomic E-state index is 0.328. The lowest BCUT2D eigenvalue weighted by Crippen LogP contribution is -2.31. The first-order valence-corrected chi connectivity index (χ1v) is 8.01. The highest BCUT2D eigenvalue weighted by molar-refractivity contribution is 5.49. The smallest absolute Gasteiger partial charge is 0.135 e. The van der Waals surface area contributed by atoms with Gasteiger partial charge in [-0.05, 0) is 25.7 Å². The minimum Gasteiger partial charge on any atom is -0.381 e. The van der Waals surface area contributed by atoms with Gasteiger partial charge in [-0.15, -0.1) is 0 Å². The number of rotatable bonds is 6. The van der Waals surface area contributed by atoms with Crippen LogP contribution in [-0.4, -0.2) is 43.3 Å². The van der Waals surface area contributed by atoms with Crippen LogP contribution < -0.4 is 10.2 Å². The molecule has 21 heavy (non-hydrogen) atoms. The van der Waals surface area contributed by atoms with Crippen molar-refractivity contribution in [3.63, 3.8) is 0 Å². The van der Waals surface area contributed by atoms with Crippen LogP contribution in [0.15, 0.2) is 6.07 Å². The van der Waals surface area contributed by atoms with E-state index in [1.165, 1.54) is 12.8 Å². The summed E-state index contributed by atoms with van der Waals surface area (Å²) >= 11 is 0. The molecule has 0 saturated carbocycles. The van der Waals surface area contributed by atoms with Gasteiger partial charge in [0.2, 0.25) is 0 Å². The molecular formula is C16H28N4O. The Balaban J connectivity index is 2.12. The van der Waals surface area contributed by atoms with Gasteiger partial charge in [-0.3, -0.25) is 0 Å². The van der Waals surface area contributed by atoms with E-state index in [1.807, 2.05) is 6.07 Å². The van der Waals surface area contributed by atoms with E-state index in [0.29, 0.717) is 11.8 Å². The summed E-state index contributed by atoms with van der Waals surface area (Å²) in [4.78, 5) is 11.5. The molecule has 1 fully saturated rings. The van der Waals surface area contributed by atoms with Crippen LogP contribution in [-0.2, 0) is 4.74 Å². The zero-order chi connectivity index (χ0) is 15.2. The van der Waals surface area contributed by atoms with Gasteiger partial charge >= 0.3 is 0 Å². The Bertz CT molecular complexity index is 444. The van der Waals surface area contributed by atoms with Gasteiger partial charge in [0.15, 0.2) is 0 Å². The van der Waals surface area contributed by atoms with Crippen LogP contribution in [0, 0.1) is 5.92 Å². The second kappa shape index (κ2) is 7.59. The average Bonchev–Trinajstić information content (AvgIpc) is 2.48. The number of aromatic nitrogens is 2. The van der Waals surface area contributed by atoms with E-state index in [-0.39, 0.29) is 0 Å². The van der Waals surface area contributed by atoms with Crippen LogP contribution in [0.5, 0.6) is 0 Å². The molecule has 1 unspecified atom stereocenters. The van der Waals surface area contributed by atoms with Crippen molar-refractivity contribution in [3.8, 4) is 0 Å². The molecule has 1 aliphatic rings. The maximum Gasteiger partial charge on any atom is 0.135 e. The van der Waals surface area contributed by atoms with Crippen molar-refractivity contribution in [2.75, 3.05) is 43.6 Å². The predicted molar refractivity (Wildman–Crippen MR) is 87.1 cm³/mol. The molecule has 2 heterocycles. The van der Waals surface area contributed by atoms with Gasteiger partial charge in [0.25, 0.3) is 0 Å². The van der Waals surface area contributed by atoms with Gasteiger partial charge in [-0.2, -0.15) is 0 Å². The quantitative estimate of drug-likeness (QED) is 0.873. The van der Waals surface area contributed by atoms with Crippen molar-refractivity contribution in [2.45, 2.75) is 39.5 Å². The van der Waals surface area contributed by atoms with Crippen LogP contribution >= 0.6 is 0 Å². The first kappa shape index (κ1) is 16.0. The summed E-state index contributed by atoms with van der Waals surface area (Å²) in [5.74, 6) is 3.74. The first-order chi connectivity index (χ1) is 10.1. The molecule has 1 saturated heterocycles. The molecule has 1 aromatic heterocycles. The summed E-state index contributed by atoms with van der Waals surface area (Å²) in [5.41, 5.74) is 0. The first-order valence-electron chi connectivity index (χ1n) is 8.01. The highest BCUT2D eigenvalue weighted by Gasteiger charge is 2.18. The molecular weight excluding hydrogens is 264 g/mol. The van der Waals surface area contributed by atoms with Crippen LogP contribution in [0.25, 0.3) is 0 Å².